The highest BCUT2D eigenvalue weighted by Crippen LogP contribution is 2.36. The van der Waals surface area contributed by atoms with Gasteiger partial charge in [-0.05, 0) is 66.1 Å². The summed E-state index contributed by atoms with van der Waals surface area (Å²) >= 11 is 0. The lowest BCUT2D eigenvalue weighted by atomic mass is 9.86. The Balaban J connectivity index is 1.63. The SMILES string of the molecule is CC(C)[C@H](NC(=O)c1cccc(CN(C(=O)c2ccco2)C2CCCc3ccccc32)c1)C(=O)O. The molecular weight excluding hydrogens is 444 g/mol. The summed E-state index contributed by atoms with van der Waals surface area (Å²) in [7, 11) is 0. The van der Waals surface area contributed by atoms with E-state index in [4.69, 9.17) is 4.42 Å². The molecule has 1 aliphatic carbocycles. The van der Waals surface area contributed by atoms with Crippen LogP contribution in [0, 0.1) is 5.92 Å². The van der Waals surface area contributed by atoms with Crippen LogP contribution < -0.4 is 5.32 Å². The molecule has 7 nitrogen and oxygen atoms in total. The third-order valence-electron chi connectivity index (χ3n) is 6.47. The van der Waals surface area contributed by atoms with Gasteiger partial charge in [0.15, 0.2) is 5.76 Å². The first-order valence-electron chi connectivity index (χ1n) is 11.9. The highest BCUT2D eigenvalue weighted by molar-refractivity contribution is 5.97. The first-order valence-corrected chi connectivity index (χ1v) is 11.9. The Labute approximate surface area is 204 Å². The predicted octanol–water partition coefficient (Wildman–Crippen LogP) is 4.84. The van der Waals surface area contributed by atoms with Crippen molar-refractivity contribution in [2.75, 3.05) is 0 Å². The third kappa shape index (κ3) is 5.45. The zero-order valence-electron chi connectivity index (χ0n) is 19.9. The second-order valence-electron chi connectivity index (χ2n) is 9.25. The van der Waals surface area contributed by atoms with Crippen LogP contribution in [0.4, 0.5) is 0 Å². The van der Waals surface area contributed by atoms with Crippen molar-refractivity contribution in [3.05, 3.63) is 94.9 Å². The molecule has 0 aliphatic heterocycles. The van der Waals surface area contributed by atoms with Gasteiger partial charge in [0.05, 0.1) is 12.3 Å². The Hall–Kier alpha value is -3.87. The number of carbonyl (C=O) groups is 3. The molecule has 0 spiro atoms. The van der Waals surface area contributed by atoms with Crippen LogP contribution in [0.5, 0.6) is 0 Å². The summed E-state index contributed by atoms with van der Waals surface area (Å²) in [6.07, 6.45) is 4.26. The molecule has 7 heteroatoms. The van der Waals surface area contributed by atoms with Gasteiger partial charge in [0.25, 0.3) is 11.8 Å². The van der Waals surface area contributed by atoms with Gasteiger partial charge in [0.2, 0.25) is 0 Å². The van der Waals surface area contributed by atoms with Crippen LogP contribution in [-0.2, 0) is 17.8 Å². The molecule has 1 heterocycles. The molecule has 182 valence electrons. The monoisotopic (exact) mass is 474 g/mol. The van der Waals surface area contributed by atoms with E-state index in [2.05, 4.69) is 17.4 Å². The van der Waals surface area contributed by atoms with Crippen LogP contribution in [0.25, 0.3) is 0 Å². The number of nitrogens with zero attached hydrogens (tertiary/aromatic N) is 1. The first kappa shape index (κ1) is 24.3. The van der Waals surface area contributed by atoms with Gasteiger partial charge in [-0.1, -0.05) is 50.2 Å². The van der Waals surface area contributed by atoms with Gasteiger partial charge in [-0.3, -0.25) is 9.59 Å². The van der Waals surface area contributed by atoms with Gasteiger partial charge in [-0.25, -0.2) is 4.79 Å². The minimum Gasteiger partial charge on any atom is -0.480 e. The summed E-state index contributed by atoms with van der Waals surface area (Å²) in [5.41, 5.74) is 3.50. The molecule has 1 aliphatic rings. The van der Waals surface area contributed by atoms with E-state index in [1.54, 1.807) is 44.2 Å². The fraction of sp³-hybridized carbons (Fsp3) is 0.321. The van der Waals surface area contributed by atoms with Crippen LogP contribution >= 0.6 is 0 Å². The number of aliphatic carboxylic acids is 1. The largest absolute Gasteiger partial charge is 0.480 e. The molecule has 1 unspecified atom stereocenters. The molecule has 3 aromatic rings. The molecule has 0 saturated heterocycles. The van der Waals surface area contributed by atoms with Crippen molar-refractivity contribution in [1.82, 2.24) is 10.2 Å². The quantitative estimate of drug-likeness (QED) is 0.487. The summed E-state index contributed by atoms with van der Waals surface area (Å²) < 4.78 is 5.43. The van der Waals surface area contributed by atoms with Gasteiger partial charge in [-0.15, -0.1) is 0 Å². The smallest absolute Gasteiger partial charge is 0.326 e. The lowest BCUT2D eigenvalue weighted by Gasteiger charge is -2.35. The number of fused-ring (bicyclic) bond motifs is 1. The molecule has 2 aromatic carbocycles. The minimum absolute atomic E-state index is 0.118. The summed E-state index contributed by atoms with van der Waals surface area (Å²) in [5, 5.41) is 12.0. The average molecular weight is 475 g/mol. The van der Waals surface area contributed by atoms with Crippen molar-refractivity contribution in [1.29, 1.82) is 0 Å². The van der Waals surface area contributed by atoms with E-state index in [1.165, 1.54) is 11.8 Å². The van der Waals surface area contributed by atoms with Gasteiger partial charge < -0.3 is 19.7 Å². The number of aryl methyl sites for hydroxylation is 1. The van der Waals surface area contributed by atoms with Gasteiger partial charge in [0, 0.05) is 12.1 Å². The zero-order chi connectivity index (χ0) is 24.9. The Morgan fingerprint density at radius 2 is 1.89 bits per heavy atom. The molecular formula is C28H30N2O5. The average Bonchev–Trinajstić information content (AvgIpc) is 3.40. The normalized spacial score (nSPS) is 15.8. The summed E-state index contributed by atoms with van der Waals surface area (Å²) in [6, 6.07) is 17.4. The molecule has 2 N–H and O–H groups in total. The van der Waals surface area contributed by atoms with Crippen LogP contribution in [0.3, 0.4) is 0 Å². The fourth-order valence-electron chi connectivity index (χ4n) is 4.66. The third-order valence-corrected chi connectivity index (χ3v) is 6.47. The van der Waals surface area contributed by atoms with Crippen LogP contribution in [-0.4, -0.2) is 33.8 Å². The number of benzene rings is 2. The van der Waals surface area contributed by atoms with E-state index in [-0.39, 0.29) is 30.2 Å². The zero-order valence-corrected chi connectivity index (χ0v) is 19.9. The molecule has 0 fully saturated rings. The standard InChI is InChI=1S/C28H30N2O5/c1-18(2)25(28(33)34)29-26(31)21-11-5-8-19(16-21)17-30(27(32)24-14-7-15-35-24)23-13-6-10-20-9-3-4-12-22(20)23/h3-5,7-9,11-12,14-16,18,23,25H,6,10,13,17H2,1-2H3,(H,29,31)(H,33,34)/t23?,25-/m0/s1. The second-order valence-corrected chi connectivity index (χ2v) is 9.25. The number of carboxylic acids is 1. The highest BCUT2D eigenvalue weighted by atomic mass is 16.4. The maximum Gasteiger partial charge on any atom is 0.326 e. The highest BCUT2D eigenvalue weighted by Gasteiger charge is 2.31. The summed E-state index contributed by atoms with van der Waals surface area (Å²) in [5.74, 6) is -1.73. The molecule has 1 aromatic heterocycles. The topological polar surface area (TPSA) is 99.9 Å². The number of nitrogens with one attached hydrogen (secondary N) is 1. The Kier molecular flexibility index (Phi) is 7.34. The Morgan fingerprint density at radius 3 is 2.60 bits per heavy atom. The fourth-order valence-corrected chi connectivity index (χ4v) is 4.66. The molecule has 0 bridgehead atoms. The number of carboxylic acid groups (broad SMARTS) is 1. The molecule has 35 heavy (non-hydrogen) atoms. The summed E-state index contributed by atoms with van der Waals surface area (Å²) in [6.45, 7) is 3.78. The van der Waals surface area contributed by atoms with Crippen molar-refractivity contribution in [2.24, 2.45) is 5.92 Å². The molecule has 2 amide bonds. The van der Waals surface area contributed by atoms with Crippen molar-refractivity contribution in [3.63, 3.8) is 0 Å². The lowest BCUT2D eigenvalue weighted by molar-refractivity contribution is -0.140. The Morgan fingerprint density at radius 1 is 1.09 bits per heavy atom. The lowest BCUT2D eigenvalue weighted by Crippen LogP contribution is -2.44. The molecule has 4 rings (SSSR count). The predicted molar refractivity (Wildman–Crippen MR) is 131 cm³/mol. The molecule has 0 radical (unpaired) electrons. The van der Waals surface area contributed by atoms with E-state index in [9.17, 15) is 19.5 Å². The number of hydrogen-bond acceptors (Lipinski definition) is 4. The molecule has 2 atom stereocenters. The van der Waals surface area contributed by atoms with Crippen molar-refractivity contribution >= 4 is 17.8 Å². The van der Waals surface area contributed by atoms with E-state index < -0.39 is 17.9 Å². The van der Waals surface area contributed by atoms with Crippen LogP contribution in [0.2, 0.25) is 0 Å². The van der Waals surface area contributed by atoms with E-state index in [1.807, 2.05) is 23.1 Å². The number of furan rings is 1. The Bertz CT molecular complexity index is 1200. The van der Waals surface area contributed by atoms with Gasteiger partial charge in [-0.2, -0.15) is 0 Å². The van der Waals surface area contributed by atoms with Crippen molar-refractivity contribution in [3.8, 4) is 0 Å². The number of amides is 2. The van der Waals surface area contributed by atoms with Crippen molar-refractivity contribution in [2.45, 2.75) is 51.7 Å². The second kappa shape index (κ2) is 10.6. The van der Waals surface area contributed by atoms with E-state index >= 15 is 0 Å². The van der Waals surface area contributed by atoms with Gasteiger partial charge in [0.1, 0.15) is 6.04 Å². The number of hydrogen-bond donors (Lipinski definition) is 2. The van der Waals surface area contributed by atoms with E-state index in [0.717, 1.165) is 30.4 Å². The first-order chi connectivity index (χ1) is 16.8. The van der Waals surface area contributed by atoms with Crippen LogP contribution in [0.15, 0.2) is 71.3 Å². The van der Waals surface area contributed by atoms with Crippen molar-refractivity contribution < 1.29 is 23.9 Å². The van der Waals surface area contributed by atoms with Gasteiger partial charge >= 0.3 is 5.97 Å². The maximum atomic E-state index is 13.5. The van der Waals surface area contributed by atoms with Crippen LogP contribution in [0.1, 0.15) is 70.3 Å². The molecule has 0 saturated carbocycles. The summed E-state index contributed by atoms with van der Waals surface area (Å²) in [4.78, 5) is 39.7. The number of rotatable bonds is 8. The minimum atomic E-state index is -1.07. The van der Waals surface area contributed by atoms with E-state index in [0.29, 0.717) is 5.56 Å². The maximum absolute atomic E-state index is 13.5. The number of carbonyl (C=O) groups excluding carboxylic acids is 2.